The molecule has 0 aliphatic carbocycles. The third-order valence-electron chi connectivity index (χ3n) is 3.80. The molecular formula is C14H19N4NaO8S3. The molecule has 1 unspecified atom stereocenters. The van der Waals surface area contributed by atoms with Crippen molar-refractivity contribution in [2.75, 3.05) is 18.1 Å². The summed E-state index contributed by atoms with van der Waals surface area (Å²) >= 11 is 0. The molecule has 2 rings (SSSR count). The van der Waals surface area contributed by atoms with Gasteiger partial charge in [-0.3, -0.25) is 14.1 Å². The molecule has 0 radical (unpaired) electrons. The quantitative estimate of drug-likeness (QED) is 0.0562. The van der Waals surface area contributed by atoms with Gasteiger partial charge in [0.15, 0.2) is 10.9 Å². The Morgan fingerprint density at radius 2 is 1.97 bits per heavy atom. The number of carbonyl (C=O) groups is 3. The Morgan fingerprint density at radius 3 is 2.53 bits per heavy atom. The Kier molecular flexibility index (Phi) is 10.7. The summed E-state index contributed by atoms with van der Waals surface area (Å²) in [4.78, 5) is 43.5. The predicted octanol–water partition coefficient (Wildman–Crippen LogP) is -3.04. The van der Waals surface area contributed by atoms with E-state index in [1.54, 1.807) is 0 Å². The largest absolute Gasteiger partial charge is 1.00 e. The normalized spacial score (nSPS) is 20.3. The van der Waals surface area contributed by atoms with Gasteiger partial charge in [0.2, 0.25) is 0 Å². The number of aliphatic imine (C=N–C) groups is 1. The molecular weight excluding hydrogens is 471 g/mol. The maximum absolute atomic E-state index is 11.7. The Morgan fingerprint density at radius 1 is 1.33 bits per heavy atom. The van der Waals surface area contributed by atoms with Gasteiger partial charge in [-0.1, -0.05) is 21.6 Å². The number of hydrogen-bond donors (Lipinski definition) is 1. The average molecular weight is 491 g/mol. The van der Waals surface area contributed by atoms with Crippen LogP contribution in [0.2, 0.25) is 0 Å². The van der Waals surface area contributed by atoms with E-state index in [1.165, 1.54) is 21.6 Å². The second kappa shape index (κ2) is 11.8. The van der Waals surface area contributed by atoms with Crippen LogP contribution in [0.25, 0.3) is 0 Å². The predicted molar refractivity (Wildman–Crippen MR) is 102 cm³/mol. The number of carbonyl (C=O) groups excluding carboxylic acids is 3. The Labute approximate surface area is 203 Å². The molecule has 0 aromatic carbocycles. The second-order valence-electron chi connectivity index (χ2n) is 6.28. The molecule has 30 heavy (non-hydrogen) atoms. The van der Waals surface area contributed by atoms with E-state index >= 15 is 0 Å². The maximum Gasteiger partial charge on any atom is 1.00 e. The Hall–Kier alpha value is -0.710. The monoisotopic (exact) mass is 490 g/mol. The van der Waals surface area contributed by atoms with Crippen molar-refractivity contribution in [2.45, 2.75) is 43.5 Å². The average Bonchev–Trinajstić information content (AvgIpc) is 3.30. The first kappa shape index (κ1) is 27.3. The van der Waals surface area contributed by atoms with Gasteiger partial charge in [-0.15, -0.1) is 5.06 Å². The Bertz CT molecular complexity index is 829. The van der Waals surface area contributed by atoms with Crippen LogP contribution >= 0.6 is 21.6 Å². The summed E-state index contributed by atoms with van der Waals surface area (Å²) in [5.41, 5.74) is -0.415. The molecule has 16 heteroatoms. The van der Waals surface area contributed by atoms with Crippen LogP contribution in [0.1, 0.15) is 32.6 Å². The minimum absolute atomic E-state index is 0. The second-order valence-corrected chi connectivity index (χ2v) is 10.6. The van der Waals surface area contributed by atoms with E-state index in [1.807, 2.05) is 6.92 Å². The zero-order chi connectivity index (χ0) is 21.7. The summed E-state index contributed by atoms with van der Waals surface area (Å²) in [6, 6.07) is 0. The molecule has 0 bridgehead atoms. The van der Waals surface area contributed by atoms with E-state index < -0.39 is 45.2 Å². The summed E-state index contributed by atoms with van der Waals surface area (Å²) in [5.74, 6) is -2.55. The molecule has 1 saturated heterocycles. The topological polar surface area (TPSA) is 178 Å². The van der Waals surface area contributed by atoms with Crippen molar-refractivity contribution in [1.82, 2.24) is 5.06 Å². The van der Waals surface area contributed by atoms with Crippen molar-refractivity contribution in [3.05, 3.63) is 0 Å². The van der Waals surface area contributed by atoms with Crippen LogP contribution in [0, 0.1) is 0 Å². The number of rotatable bonds is 12. The molecule has 2 amide bonds. The molecule has 2 aliphatic heterocycles. The minimum Gasteiger partial charge on any atom is -0.862 e. The third-order valence-corrected chi connectivity index (χ3v) is 7.28. The number of nitrogens with zero attached hydrogens (tertiary/aromatic N) is 4. The molecule has 2 heterocycles. The van der Waals surface area contributed by atoms with Crippen LogP contribution in [-0.4, -0.2) is 70.7 Å². The molecule has 0 aromatic rings. The molecule has 1 fully saturated rings. The summed E-state index contributed by atoms with van der Waals surface area (Å²) in [7, 11) is -2.05. The molecule has 162 valence electrons. The smallest absolute Gasteiger partial charge is 0.862 e. The van der Waals surface area contributed by atoms with Gasteiger partial charge in [0, 0.05) is 24.5 Å². The SMILES string of the molecule is CC1(CCC([O-])=NCCSSCCC(=O)ON2C(=O)CC(S(=O)(=O)O)C2=O)N=N1.[Na+]. The number of hydrogen-bond acceptors (Lipinski definition) is 12. The Balaban J connectivity index is 0.00000450. The summed E-state index contributed by atoms with van der Waals surface area (Å²) in [6.07, 6.45) is -0.0701. The van der Waals surface area contributed by atoms with Crippen LogP contribution in [0.4, 0.5) is 0 Å². The van der Waals surface area contributed by atoms with Crippen molar-refractivity contribution in [3.63, 3.8) is 0 Å². The van der Waals surface area contributed by atoms with E-state index in [2.05, 4.69) is 20.1 Å². The van der Waals surface area contributed by atoms with E-state index in [-0.39, 0.29) is 46.9 Å². The van der Waals surface area contributed by atoms with Crippen LogP contribution in [-0.2, 0) is 29.3 Å². The van der Waals surface area contributed by atoms with E-state index in [9.17, 15) is 27.9 Å². The van der Waals surface area contributed by atoms with Gasteiger partial charge in [-0.05, 0) is 19.2 Å². The fraction of sp³-hybridized carbons (Fsp3) is 0.714. The fourth-order valence-electron chi connectivity index (χ4n) is 2.12. The third kappa shape index (κ3) is 8.80. The van der Waals surface area contributed by atoms with Crippen molar-refractivity contribution < 1.29 is 66.9 Å². The zero-order valence-corrected chi connectivity index (χ0v) is 20.8. The first-order valence-corrected chi connectivity index (χ1v) is 12.4. The molecule has 1 atom stereocenters. The molecule has 12 nitrogen and oxygen atoms in total. The van der Waals surface area contributed by atoms with Gasteiger partial charge >= 0.3 is 35.5 Å². The standard InChI is InChI=1S/C14H20N4O8S3.Na/c1-14(16-17-14)4-2-10(19)15-5-7-28-27-6-3-12(21)26-18-11(20)8-9(13(18)22)29(23,24)25;/h9H,2-8H2,1H3,(H,15,19)(H,23,24,25);/q;+1/p-1. The van der Waals surface area contributed by atoms with Crippen molar-refractivity contribution >= 4 is 55.4 Å². The van der Waals surface area contributed by atoms with Gasteiger partial charge in [-0.25, -0.2) is 4.79 Å². The zero-order valence-electron chi connectivity index (χ0n) is 16.3. The van der Waals surface area contributed by atoms with Gasteiger partial charge < -0.3 is 14.9 Å². The van der Waals surface area contributed by atoms with Crippen molar-refractivity contribution in [3.8, 4) is 0 Å². The van der Waals surface area contributed by atoms with E-state index in [0.717, 1.165) is 0 Å². The number of hydroxylamine groups is 2. The van der Waals surface area contributed by atoms with Crippen LogP contribution in [0.5, 0.6) is 0 Å². The van der Waals surface area contributed by atoms with Gasteiger partial charge in [-0.2, -0.15) is 18.6 Å². The number of imide groups is 1. The number of amides is 2. The van der Waals surface area contributed by atoms with Gasteiger partial charge in [0.25, 0.3) is 21.9 Å². The fourth-order valence-corrected chi connectivity index (χ4v) is 4.65. The first-order chi connectivity index (χ1) is 13.5. The van der Waals surface area contributed by atoms with E-state index in [4.69, 9.17) is 4.55 Å². The molecule has 2 aliphatic rings. The summed E-state index contributed by atoms with van der Waals surface area (Å²) < 4.78 is 30.9. The van der Waals surface area contributed by atoms with Crippen LogP contribution in [0.3, 0.4) is 0 Å². The molecule has 0 aromatic heterocycles. The minimum atomic E-state index is -4.75. The summed E-state index contributed by atoms with van der Waals surface area (Å²) in [5, 5.41) is 17.3. The van der Waals surface area contributed by atoms with Crippen molar-refractivity contribution in [2.24, 2.45) is 15.2 Å². The van der Waals surface area contributed by atoms with E-state index in [0.29, 0.717) is 30.9 Å². The van der Waals surface area contributed by atoms with Crippen LogP contribution < -0.4 is 34.7 Å². The molecule has 0 spiro atoms. The first-order valence-electron chi connectivity index (χ1n) is 8.44. The van der Waals surface area contributed by atoms with Crippen molar-refractivity contribution in [1.29, 1.82) is 0 Å². The van der Waals surface area contributed by atoms with Crippen LogP contribution in [0.15, 0.2) is 15.2 Å². The van der Waals surface area contributed by atoms with Gasteiger partial charge in [0.05, 0.1) is 12.8 Å². The molecule has 1 N–H and O–H groups in total. The molecule has 0 saturated carbocycles. The summed E-state index contributed by atoms with van der Waals surface area (Å²) in [6.45, 7) is 2.17. The maximum atomic E-state index is 11.7. The van der Waals surface area contributed by atoms with Gasteiger partial charge in [0.1, 0.15) is 0 Å².